The quantitative estimate of drug-likeness (QED) is 0.771. The van der Waals surface area contributed by atoms with Gasteiger partial charge in [-0.25, -0.2) is 0 Å². The molecule has 0 spiro atoms. The molecule has 0 aliphatic carbocycles. The average Bonchev–Trinajstić information content (AvgIpc) is 2.49. The summed E-state index contributed by atoms with van der Waals surface area (Å²) in [6.45, 7) is 4.37. The second kappa shape index (κ2) is 7.00. The third-order valence-electron chi connectivity index (χ3n) is 4.50. The van der Waals surface area contributed by atoms with Crippen molar-refractivity contribution in [3.63, 3.8) is 0 Å². The molecule has 1 aromatic rings. The third kappa shape index (κ3) is 3.47. The summed E-state index contributed by atoms with van der Waals surface area (Å²) in [6.07, 6.45) is 3.19. The monoisotopic (exact) mass is 274 g/mol. The topological polar surface area (TPSA) is 23.6 Å². The molecule has 110 valence electrons. The molecule has 0 saturated carbocycles. The largest absolute Gasteiger partial charge is 0.306 e. The van der Waals surface area contributed by atoms with Crippen LogP contribution in [0, 0.1) is 0 Å². The van der Waals surface area contributed by atoms with E-state index in [1.54, 1.807) is 0 Å². The fourth-order valence-corrected chi connectivity index (χ4v) is 3.11. The first kappa shape index (κ1) is 15.2. The molecule has 1 aliphatic rings. The minimum absolute atomic E-state index is 0.00538. The maximum absolute atomic E-state index is 12.7. The predicted octanol–water partition coefficient (Wildman–Crippen LogP) is 2.67. The van der Waals surface area contributed by atoms with Gasteiger partial charge in [-0.05, 0) is 46.4 Å². The Labute approximate surface area is 122 Å². The van der Waals surface area contributed by atoms with Crippen LogP contribution in [-0.2, 0) is 0 Å². The van der Waals surface area contributed by atoms with Crippen LogP contribution in [0.4, 0.5) is 0 Å². The first-order chi connectivity index (χ1) is 9.63. The number of rotatable bonds is 5. The van der Waals surface area contributed by atoms with Gasteiger partial charge in [0, 0.05) is 11.6 Å². The van der Waals surface area contributed by atoms with Crippen LogP contribution < -0.4 is 0 Å². The van der Waals surface area contributed by atoms with Gasteiger partial charge >= 0.3 is 0 Å². The number of likely N-dealkylation sites (tertiary alicyclic amines) is 1. The van der Waals surface area contributed by atoms with Gasteiger partial charge in [-0.15, -0.1) is 0 Å². The van der Waals surface area contributed by atoms with Gasteiger partial charge in [-0.1, -0.05) is 37.3 Å². The maximum atomic E-state index is 12.7. The molecular weight excluding hydrogens is 248 g/mol. The number of hydrogen-bond donors (Lipinski definition) is 0. The molecule has 3 heteroatoms. The van der Waals surface area contributed by atoms with Crippen molar-refractivity contribution in [1.82, 2.24) is 9.80 Å². The fourth-order valence-electron chi connectivity index (χ4n) is 3.11. The van der Waals surface area contributed by atoms with E-state index in [1.165, 1.54) is 0 Å². The molecule has 0 radical (unpaired) electrons. The van der Waals surface area contributed by atoms with Gasteiger partial charge in [0.15, 0.2) is 5.78 Å². The number of hydrogen-bond acceptors (Lipinski definition) is 3. The molecule has 20 heavy (non-hydrogen) atoms. The Morgan fingerprint density at radius 2 is 1.90 bits per heavy atom. The van der Waals surface area contributed by atoms with E-state index in [-0.39, 0.29) is 11.8 Å². The zero-order valence-electron chi connectivity index (χ0n) is 12.9. The average molecular weight is 274 g/mol. The summed E-state index contributed by atoms with van der Waals surface area (Å²) in [7, 11) is 4.29. The van der Waals surface area contributed by atoms with Gasteiger partial charge in [-0.3, -0.25) is 9.69 Å². The molecule has 0 aromatic heterocycles. The van der Waals surface area contributed by atoms with E-state index in [1.807, 2.05) is 30.3 Å². The lowest BCUT2D eigenvalue weighted by atomic mass is 9.96. The Kier molecular flexibility index (Phi) is 5.32. The van der Waals surface area contributed by atoms with Crippen molar-refractivity contribution >= 4 is 5.78 Å². The van der Waals surface area contributed by atoms with Crippen LogP contribution in [0.1, 0.15) is 36.5 Å². The number of carbonyl (C=O) groups excluding carboxylic acids is 1. The van der Waals surface area contributed by atoms with Crippen LogP contribution in [0.5, 0.6) is 0 Å². The van der Waals surface area contributed by atoms with Crippen molar-refractivity contribution in [3.8, 4) is 0 Å². The highest BCUT2D eigenvalue weighted by Gasteiger charge is 2.29. The Bertz CT molecular complexity index is 424. The van der Waals surface area contributed by atoms with E-state index in [9.17, 15) is 4.79 Å². The molecule has 0 N–H and O–H groups in total. The van der Waals surface area contributed by atoms with Crippen molar-refractivity contribution in [3.05, 3.63) is 35.9 Å². The Balaban J connectivity index is 2.05. The molecule has 1 aliphatic heterocycles. The lowest BCUT2D eigenvalue weighted by Crippen LogP contribution is -2.48. The summed E-state index contributed by atoms with van der Waals surface area (Å²) in [5.74, 6) is 0.259. The number of piperidine rings is 1. The Morgan fingerprint density at radius 1 is 1.30 bits per heavy atom. The van der Waals surface area contributed by atoms with Crippen molar-refractivity contribution in [1.29, 1.82) is 0 Å². The molecule has 0 bridgehead atoms. The van der Waals surface area contributed by atoms with Crippen LogP contribution in [0.3, 0.4) is 0 Å². The Hall–Kier alpha value is -1.19. The lowest BCUT2D eigenvalue weighted by Gasteiger charge is -2.38. The van der Waals surface area contributed by atoms with Crippen LogP contribution in [0.15, 0.2) is 30.3 Å². The normalized spacial score (nSPS) is 19.2. The maximum Gasteiger partial charge on any atom is 0.179 e. The first-order valence-electron chi connectivity index (χ1n) is 7.63. The van der Waals surface area contributed by atoms with Gasteiger partial charge < -0.3 is 4.90 Å². The minimum atomic E-state index is 0.00538. The van der Waals surface area contributed by atoms with E-state index in [4.69, 9.17) is 0 Å². The molecule has 1 atom stereocenters. The molecule has 1 fully saturated rings. The number of nitrogens with zero attached hydrogens (tertiary/aromatic N) is 2. The van der Waals surface area contributed by atoms with E-state index >= 15 is 0 Å². The second-order valence-electron chi connectivity index (χ2n) is 5.85. The second-order valence-corrected chi connectivity index (χ2v) is 5.85. The number of carbonyl (C=O) groups is 1. The van der Waals surface area contributed by atoms with Gasteiger partial charge in [0.2, 0.25) is 0 Å². The zero-order chi connectivity index (χ0) is 14.5. The van der Waals surface area contributed by atoms with Gasteiger partial charge in [0.05, 0.1) is 6.04 Å². The highest BCUT2D eigenvalue weighted by atomic mass is 16.1. The smallest absolute Gasteiger partial charge is 0.179 e. The van der Waals surface area contributed by atoms with Gasteiger partial charge in [0.1, 0.15) is 0 Å². The molecule has 1 heterocycles. The van der Waals surface area contributed by atoms with E-state index in [0.29, 0.717) is 6.04 Å². The zero-order valence-corrected chi connectivity index (χ0v) is 12.9. The number of ketones is 1. The number of benzene rings is 1. The minimum Gasteiger partial charge on any atom is -0.306 e. The van der Waals surface area contributed by atoms with Gasteiger partial charge in [-0.2, -0.15) is 0 Å². The summed E-state index contributed by atoms with van der Waals surface area (Å²) < 4.78 is 0. The number of likely N-dealkylation sites (N-methyl/N-ethyl adjacent to an activating group) is 1. The van der Waals surface area contributed by atoms with Crippen LogP contribution in [-0.4, -0.2) is 54.9 Å². The number of Topliss-reactive ketones (excluding diaryl/α,β-unsaturated/α-hetero) is 1. The molecule has 0 amide bonds. The molecule has 2 rings (SSSR count). The van der Waals surface area contributed by atoms with E-state index in [0.717, 1.165) is 37.9 Å². The van der Waals surface area contributed by atoms with Crippen LogP contribution in [0.2, 0.25) is 0 Å². The van der Waals surface area contributed by atoms with Crippen molar-refractivity contribution in [2.45, 2.75) is 38.3 Å². The summed E-state index contributed by atoms with van der Waals surface area (Å²) in [4.78, 5) is 17.3. The molecule has 1 unspecified atom stereocenters. The lowest BCUT2D eigenvalue weighted by molar-refractivity contribution is 0.0691. The standard InChI is InChI=1S/C17H26N2O/c1-4-16(17(20)14-8-6-5-7-9-14)19(3)15-10-12-18(2)13-11-15/h5-9,15-16H,4,10-13H2,1-3H3. The summed E-state index contributed by atoms with van der Waals surface area (Å²) in [5.41, 5.74) is 0.833. The first-order valence-corrected chi connectivity index (χ1v) is 7.63. The Morgan fingerprint density at radius 3 is 2.45 bits per heavy atom. The summed E-state index contributed by atoms with van der Waals surface area (Å²) in [5, 5.41) is 0. The summed E-state index contributed by atoms with van der Waals surface area (Å²) in [6, 6.07) is 10.2. The van der Waals surface area contributed by atoms with Gasteiger partial charge in [0.25, 0.3) is 0 Å². The fraction of sp³-hybridized carbons (Fsp3) is 0.588. The summed E-state index contributed by atoms with van der Waals surface area (Å²) >= 11 is 0. The molecule has 1 aromatic carbocycles. The van der Waals surface area contributed by atoms with E-state index < -0.39 is 0 Å². The SMILES string of the molecule is CCC(C(=O)c1ccccc1)N(C)C1CCN(C)CC1. The van der Waals surface area contributed by atoms with Crippen molar-refractivity contribution < 1.29 is 4.79 Å². The molecule has 3 nitrogen and oxygen atoms in total. The highest BCUT2D eigenvalue weighted by Crippen LogP contribution is 2.20. The van der Waals surface area contributed by atoms with Crippen LogP contribution in [0.25, 0.3) is 0 Å². The van der Waals surface area contributed by atoms with Crippen molar-refractivity contribution in [2.75, 3.05) is 27.2 Å². The molecular formula is C17H26N2O. The third-order valence-corrected chi connectivity index (χ3v) is 4.50. The predicted molar refractivity (Wildman–Crippen MR) is 83.1 cm³/mol. The van der Waals surface area contributed by atoms with Crippen molar-refractivity contribution in [2.24, 2.45) is 0 Å². The van der Waals surface area contributed by atoms with E-state index in [2.05, 4.69) is 30.8 Å². The van der Waals surface area contributed by atoms with Crippen LogP contribution >= 0.6 is 0 Å². The molecule has 1 saturated heterocycles. The highest BCUT2D eigenvalue weighted by molar-refractivity contribution is 6.00.